The second kappa shape index (κ2) is 16.4. The van der Waals surface area contributed by atoms with Crippen molar-refractivity contribution in [2.75, 3.05) is 0 Å². The Morgan fingerprint density at radius 2 is 0.824 bits per heavy atom. The molecule has 13 aromatic rings. The molecule has 0 atom stereocenters. The maximum atomic E-state index is 6.51. The molecule has 0 bridgehead atoms. The molecule has 318 valence electrons. The van der Waals surface area contributed by atoms with Crippen molar-refractivity contribution in [3.8, 4) is 84.1 Å². The molecule has 0 amide bonds. The standard InChI is InChI=1S/C64H41N3O/c1-4-17-42(18-5-1)44-21-12-24-48(37-44)57-41-58(49-25-13-23-47(38-49)53-31-15-32-55-54-29-10-11-34-61(54)68-63(53)55)66-64(65-57)50-26-14-22-46(39-50)52-30-16-33-60-62(52)56-40-45(43-19-6-2-7-20-43)35-36-59(56)67(60)51-27-8-3-9-28-51/h1-41H. The fraction of sp³-hybridized carbons (Fsp3) is 0. The van der Waals surface area contributed by atoms with E-state index >= 15 is 0 Å². The van der Waals surface area contributed by atoms with E-state index in [1.807, 2.05) is 12.1 Å². The number of aromatic nitrogens is 3. The van der Waals surface area contributed by atoms with E-state index in [0.717, 1.165) is 100 Å². The van der Waals surface area contributed by atoms with Gasteiger partial charge in [0, 0.05) is 49.5 Å². The van der Waals surface area contributed by atoms with E-state index in [9.17, 15) is 0 Å². The van der Waals surface area contributed by atoms with E-state index in [1.165, 1.54) is 21.9 Å². The average molecular weight is 868 g/mol. The highest BCUT2D eigenvalue weighted by atomic mass is 16.3. The minimum Gasteiger partial charge on any atom is -0.455 e. The molecule has 13 rings (SSSR count). The molecule has 0 radical (unpaired) electrons. The first-order valence-electron chi connectivity index (χ1n) is 23.1. The monoisotopic (exact) mass is 867 g/mol. The number of hydrogen-bond donors (Lipinski definition) is 0. The van der Waals surface area contributed by atoms with Crippen molar-refractivity contribution >= 4 is 43.7 Å². The first kappa shape index (κ1) is 39.3. The Labute approximate surface area is 393 Å². The zero-order valence-electron chi connectivity index (χ0n) is 36.9. The van der Waals surface area contributed by atoms with Gasteiger partial charge in [-0.1, -0.05) is 188 Å². The van der Waals surface area contributed by atoms with Crippen LogP contribution in [-0.4, -0.2) is 14.5 Å². The second-order valence-corrected chi connectivity index (χ2v) is 17.3. The summed E-state index contributed by atoms with van der Waals surface area (Å²) in [5.74, 6) is 0.652. The molecule has 0 spiro atoms. The average Bonchev–Trinajstić information content (AvgIpc) is 3.97. The number of nitrogens with zero attached hydrogens (tertiary/aromatic N) is 3. The molecule has 0 aliphatic rings. The quantitative estimate of drug-likeness (QED) is 0.153. The second-order valence-electron chi connectivity index (χ2n) is 17.3. The SMILES string of the molecule is c1ccc(-c2cccc(-c3cc(-c4cccc(-c5cccc6c5oc5ccccc56)c4)nc(-c4cccc(-c5cccc6c5c5cc(-c7ccccc7)ccc5n6-c5ccccc5)c4)n3)c2)cc1. The van der Waals surface area contributed by atoms with Gasteiger partial charge in [0.25, 0.3) is 0 Å². The topological polar surface area (TPSA) is 43.9 Å². The third-order valence-corrected chi connectivity index (χ3v) is 13.2. The van der Waals surface area contributed by atoms with Gasteiger partial charge in [0.2, 0.25) is 0 Å². The van der Waals surface area contributed by atoms with Crippen molar-refractivity contribution in [1.82, 2.24) is 14.5 Å². The fourth-order valence-corrected chi connectivity index (χ4v) is 9.98. The van der Waals surface area contributed by atoms with Crippen LogP contribution in [0.1, 0.15) is 0 Å². The summed E-state index contributed by atoms with van der Waals surface area (Å²) in [4.78, 5) is 10.8. The van der Waals surface area contributed by atoms with Crippen molar-refractivity contribution < 1.29 is 4.42 Å². The zero-order chi connectivity index (χ0) is 45.0. The van der Waals surface area contributed by atoms with Crippen LogP contribution in [0.15, 0.2) is 253 Å². The van der Waals surface area contributed by atoms with E-state index < -0.39 is 0 Å². The van der Waals surface area contributed by atoms with E-state index in [0.29, 0.717) is 5.82 Å². The highest BCUT2D eigenvalue weighted by molar-refractivity contribution is 6.17. The molecule has 0 saturated heterocycles. The minimum absolute atomic E-state index is 0.652. The summed E-state index contributed by atoms with van der Waals surface area (Å²) < 4.78 is 8.89. The van der Waals surface area contributed by atoms with E-state index in [2.05, 4.69) is 241 Å². The van der Waals surface area contributed by atoms with Gasteiger partial charge in [-0.3, -0.25) is 0 Å². The Morgan fingerprint density at radius 3 is 1.56 bits per heavy atom. The van der Waals surface area contributed by atoms with Crippen molar-refractivity contribution in [1.29, 1.82) is 0 Å². The summed E-state index contributed by atoms with van der Waals surface area (Å²) in [7, 11) is 0. The zero-order valence-corrected chi connectivity index (χ0v) is 36.9. The van der Waals surface area contributed by atoms with Crippen LogP contribution in [-0.2, 0) is 0 Å². The van der Waals surface area contributed by atoms with E-state index in [1.54, 1.807) is 0 Å². The summed E-state index contributed by atoms with van der Waals surface area (Å²) in [6.45, 7) is 0. The van der Waals surface area contributed by atoms with Crippen molar-refractivity contribution in [3.63, 3.8) is 0 Å². The van der Waals surface area contributed by atoms with Gasteiger partial charge in [-0.05, 0) is 99.6 Å². The van der Waals surface area contributed by atoms with E-state index in [-0.39, 0.29) is 0 Å². The summed E-state index contributed by atoms with van der Waals surface area (Å²) in [6, 6.07) is 88.1. The van der Waals surface area contributed by atoms with Gasteiger partial charge in [-0.25, -0.2) is 9.97 Å². The number of hydrogen-bond acceptors (Lipinski definition) is 3. The molecular formula is C64H41N3O. The first-order chi connectivity index (χ1) is 33.7. The molecule has 0 saturated carbocycles. The molecule has 3 heterocycles. The van der Waals surface area contributed by atoms with Crippen LogP contribution in [0.25, 0.3) is 128 Å². The number of fused-ring (bicyclic) bond motifs is 6. The van der Waals surface area contributed by atoms with E-state index in [4.69, 9.17) is 14.4 Å². The van der Waals surface area contributed by atoms with Crippen LogP contribution in [0.3, 0.4) is 0 Å². The molecule has 4 nitrogen and oxygen atoms in total. The first-order valence-corrected chi connectivity index (χ1v) is 23.1. The molecule has 0 fully saturated rings. The van der Waals surface area contributed by atoms with Gasteiger partial charge in [-0.15, -0.1) is 0 Å². The van der Waals surface area contributed by atoms with Crippen molar-refractivity contribution in [2.24, 2.45) is 0 Å². The predicted octanol–water partition coefficient (Wildman–Crippen LogP) is 17.1. The molecule has 4 heteroatoms. The molecule has 0 aliphatic heterocycles. The molecule has 0 N–H and O–H groups in total. The third-order valence-electron chi connectivity index (χ3n) is 13.2. The van der Waals surface area contributed by atoms with Gasteiger partial charge in [-0.2, -0.15) is 0 Å². The van der Waals surface area contributed by atoms with Crippen LogP contribution in [0, 0.1) is 0 Å². The van der Waals surface area contributed by atoms with Crippen molar-refractivity contribution in [3.05, 3.63) is 249 Å². The van der Waals surface area contributed by atoms with Crippen LogP contribution >= 0.6 is 0 Å². The fourth-order valence-electron chi connectivity index (χ4n) is 9.98. The van der Waals surface area contributed by atoms with Gasteiger partial charge in [0.05, 0.1) is 22.4 Å². The van der Waals surface area contributed by atoms with Gasteiger partial charge < -0.3 is 8.98 Å². The smallest absolute Gasteiger partial charge is 0.160 e. The van der Waals surface area contributed by atoms with Crippen LogP contribution in [0.4, 0.5) is 0 Å². The van der Waals surface area contributed by atoms with Gasteiger partial charge >= 0.3 is 0 Å². The summed E-state index contributed by atoms with van der Waals surface area (Å²) >= 11 is 0. The minimum atomic E-state index is 0.652. The van der Waals surface area contributed by atoms with Crippen molar-refractivity contribution in [2.45, 2.75) is 0 Å². The number of benzene rings is 10. The maximum Gasteiger partial charge on any atom is 0.160 e. The van der Waals surface area contributed by atoms with Crippen LogP contribution < -0.4 is 0 Å². The third kappa shape index (κ3) is 6.86. The lowest BCUT2D eigenvalue weighted by Crippen LogP contribution is -1.97. The highest BCUT2D eigenvalue weighted by Gasteiger charge is 2.19. The Kier molecular flexibility index (Phi) is 9.47. The van der Waals surface area contributed by atoms with Gasteiger partial charge in [0.15, 0.2) is 5.82 Å². The molecule has 68 heavy (non-hydrogen) atoms. The summed E-state index contributed by atoms with van der Waals surface area (Å²) in [6.07, 6.45) is 0. The lowest BCUT2D eigenvalue weighted by Gasteiger charge is -2.13. The molecular weight excluding hydrogens is 827 g/mol. The lowest BCUT2D eigenvalue weighted by molar-refractivity contribution is 0.670. The molecule has 0 aliphatic carbocycles. The Hall–Kier alpha value is -9.12. The van der Waals surface area contributed by atoms with Gasteiger partial charge in [0.1, 0.15) is 11.2 Å². The Bertz CT molecular complexity index is 4020. The summed E-state index contributed by atoms with van der Waals surface area (Å²) in [5.41, 5.74) is 18.8. The predicted molar refractivity (Wildman–Crippen MR) is 282 cm³/mol. The molecule has 0 unspecified atom stereocenters. The highest BCUT2D eigenvalue weighted by Crippen LogP contribution is 2.42. The van der Waals surface area contributed by atoms with Crippen LogP contribution in [0.2, 0.25) is 0 Å². The Balaban J connectivity index is 0.986. The Morgan fingerprint density at radius 1 is 0.309 bits per heavy atom. The number of rotatable bonds is 8. The van der Waals surface area contributed by atoms with Crippen LogP contribution in [0.5, 0.6) is 0 Å². The maximum absolute atomic E-state index is 6.51. The molecule has 10 aromatic carbocycles. The normalized spacial score (nSPS) is 11.5. The lowest BCUT2D eigenvalue weighted by atomic mass is 9.96. The number of para-hydroxylation sites is 3. The largest absolute Gasteiger partial charge is 0.455 e. The number of furan rings is 1. The summed E-state index contributed by atoms with van der Waals surface area (Å²) in [5, 5.41) is 4.61. The molecule has 3 aromatic heterocycles.